The first-order chi connectivity index (χ1) is 6.95. The summed E-state index contributed by atoms with van der Waals surface area (Å²) in [6, 6.07) is 4.05. The van der Waals surface area contributed by atoms with Gasteiger partial charge in [0.2, 0.25) is 0 Å². The van der Waals surface area contributed by atoms with Crippen molar-refractivity contribution in [3.05, 3.63) is 36.4 Å². The van der Waals surface area contributed by atoms with Gasteiger partial charge >= 0.3 is 0 Å². The molecule has 2 aromatic rings. The minimum absolute atomic E-state index is 0.709. The van der Waals surface area contributed by atoms with Crippen molar-refractivity contribution in [1.82, 2.24) is 15.2 Å². The molecule has 0 unspecified atom stereocenters. The Morgan fingerprint density at radius 3 is 2.71 bits per heavy atom. The summed E-state index contributed by atoms with van der Waals surface area (Å²) in [5.41, 5.74) is 3.72. The van der Waals surface area contributed by atoms with E-state index in [2.05, 4.69) is 15.2 Å². The van der Waals surface area contributed by atoms with Crippen LogP contribution >= 0.6 is 0 Å². The molecule has 2 aromatic heterocycles. The predicted octanol–water partition coefficient (Wildman–Crippen LogP) is 2.35. The van der Waals surface area contributed by atoms with Gasteiger partial charge in [0.05, 0.1) is 6.20 Å². The fourth-order valence-corrected chi connectivity index (χ4v) is 1.74. The highest BCUT2D eigenvalue weighted by molar-refractivity contribution is 5.65. The van der Waals surface area contributed by atoms with E-state index in [0.717, 1.165) is 0 Å². The lowest BCUT2D eigenvalue weighted by Crippen LogP contribution is -1.84. The summed E-state index contributed by atoms with van der Waals surface area (Å²) in [6.45, 7) is 0. The van der Waals surface area contributed by atoms with Gasteiger partial charge in [0.1, 0.15) is 0 Å². The van der Waals surface area contributed by atoms with Crippen molar-refractivity contribution in [2.24, 2.45) is 0 Å². The second-order valence-electron chi connectivity index (χ2n) is 3.71. The van der Waals surface area contributed by atoms with Crippen molar-refractivity contribution in [2.75, 3.05) is 0 Å². The topological polar surface area (TPSA) is 41.6 Å². The fourth-order valence-electron chi connectivity index (χ4n) is 1.74. The summed E-state index contributed by atoms with van der Waals surface area (Å²) in [5.74, 6) is 0.709. The Balaban J connectivity index is 2.07. The largest absolute Gasteiger partial charge is 0.282 e. The molecular formula is C11H11N3. The third-order valence-corrected chi connectivity index (χ3v) is 2.65. The molecule has 0 amide bonds. The van der Waals surface area contributed by atoms with E-state index in [1.54, 1.807) is 0 Å². The van der Waals surface area contributed by atoms with E-state index in [-0.39, 0.29) is 0 Å². The predicted molar refractivity (Wildman–Crippen MR) is 53.8 cm³/mol. The highest BCUT2D eigenvalue weighted by atomic mass is 15.1. The van der Waals surface area contributed by atoms with Crippen LogP contribution in [0, 0.1) is 0 Å². The molecule has 14 heavy (non-hydrogen) atoms. The molecule has 0 saturated heterocycles. The maximum absolute atomic E-state index is 4.11. The van der Waals surface area contributed by atoms with Crippen molar-refractivity contribution in [2.45, 2.75) is 18.8 Å². The minimum atomic E-state index is 0.709. The molecule has 3 nitrogen and oxygen atoms in total. The van der Waals surface area contributed by atoms with Crippen LogP contribution in [0.5, 0.6) is 0 Å². The van der Waals surface area contributed by atoms with Gasteiger partial charge in [-0.2, -0.15) is 5.10 Å². The Hall–Kier alpha value is -1.64. The normalized spacial score (nSPS) is 15.7. The van der Waals surface area contributed by atoms with Gasteiger partial charge in [-0.05, 0) is 30.5 Å². The summed E-state index contributed by atoms with van der Waals surface area (Å²) in [7, 11) is 0. The SMILES string of the molecule is c1cc(-c2cn[nH]c2C2CC2)ccn1. The molecule has 1 N–H and O–H groups in total. The van der Waals surface area contributed by atoms with Crippen LogP contribution in [0.2, 0.25) is 0 Å². The molecule has 3 rings (SSSR count). The van der Waals surface area contributed by atoms with E-state index >= 15 is 0 Å². The van der Waals surface area contributed by atoms with Gasteiger partial charge in [-0.25, -0.2) is 0 Å². The van der Waals surface area contributed by atoms with Crippen LogP contribution in [0.25, 0.3) is 11.1 Å². The van der Waals surface area contributed by atoms with Crippen molar-refractivity contribution in [1.29, 1.82) is 0 Å². The van der Waals surface area contributed by atoms with Gasteiger partial charge in [0.25, 0.3) is 0 Å². The first-order valence-electron chi connectivity index (χ1n) is 4.89. The lowest BCUT2D eigenvalue weighted by Gasteiger charge is -2.00. The second-order valence-corrected chi connectivity index (χ2v) is 3.71. The number of nitrogens with zero attached hydrogens (tertiary/aromatic N) is 2. The molecule has 0 spiro atoms. The molecule has 0 atom stereocenters. The van der Waals surface area contributed by atoms with Crippen LogP contribution in [0.4, 0.5) is 0 Å². The highest BCUT2D eigenvalue weighted by Gasteiger charge is 2.27. The average Bonchev–Trinajstić information content (AvgIpc) is 2.98. The molecule has 2 heterocycles. The summed E-state index contributed by atoms with van der Waals surface area (Å²) in [6.07, 6.45) is 8.13. The number of H-pyrrole nitrogens is 1. The van der Waals surface area contributed by atoms with Crippen molar-refractivity contribution >= 4 is 0 Å². The third kappa shape index (κ3) is 1.21. The zero-order valence-corrected chi connectivity index (χ0v) is 7.77. The third-order valence-electron chi connectivity index (χ3n) is 2.65. The zero-order chi connectivity index (χ0) is 9.38. The van der Waals surface area contributed by atoms with Crippen LogP contribution in [-0.4, -0.2) is 15.2 Å². The van der Waals surface area contributed by atoms with Gasteiger partial charge in [0.15, 0.2) is 0 Å². The van der Waals surface area contributed by atoms with Gasteiger partial charge in [-0.1, -0.05) is 0 Å². The van der Waals surface area contributed by atoms with Crippen LogP contribution < -0.4 is 0 Å². The number of pyridine rings is 1. The highest BCUT2D eigenvalue weighted by Crippen LogP contribution is 2.42. The zero-order valence-electron chi connectivity index (χ0n) is 7.77. The van der Waals surface area contributed by atoms with Crippen LogP contribution in [0.15, 0.2) is 30.7 Å². The van der Waals surface area contributed by atoms with E-state index in [9.17, 15) is 0 Å². The van der Waals surface area contributed by atoms with E-state index in [4.69, 9.17) is 0 Å². The first kappa shape index (κ1) is 7.74. The standard InChI is InChI=1S/C11H11N3/c1-2-9(1)11-10(7-13-14-11)8-3-5-12-6-4-8/h3-7,9H,1-2H2,(H,13,14). The number of rotatable bonds is 2. The Morgan fingerprint density at radius 1 is 1.21 bits per heavy atom. The molecule has 0 aromatic carbocycles. The van der Waals surface area contributed by atoms with Gasteiger partial charge < -0.3 is 0 Å². The second kappa shape index (κ2) is 2.94. The van der Waals surface area contributed by atoms with Crippen LogP contribution in [-0.2, 0) is 0 Å². The molecule has 70 valence electrons. The maximum atomic E-state index is 4.11. The summed E-state index contributed by atoms with van der Waals surface area (Å²) < 4.78 is 0. The number of aromatic nitrogens is 3. The number of hydrogen-bond acceptors (Lipinski definition) is 2. The molecule has 0 bridgehead atoms. The minimum Gasteiger partial charge on any atom is -0.282 e. The molecule has 3 heteroatoms. The van der Waals surface area contributed by atoms with Gasteiger partial charge in [-0.3, -0.25) is 10.1 Å². The van der Waals surface area contributed by atoms with E-state index in [1.165, 1.54) is 29.7 Å². The van der Waals surface area contributed by atoms with Crippen LogP contribution in [0.1, 0.15) is 24.5 Å². The Bertz CT molecular complexity index is 429. The number of aromatic amines is 1. The van der Waals surface area contributed by atoms with Crippen molar-refractivity contribution < 1.29 is 0 Å². The molecule has 0 aliphatic heterocycles. The van der Waals surface area contributed by atoms with Crippen LogP contribution in [0.3, 0.4) is 0 Å². The van der Waals surface area contributed by atoms with Gasteiger partial charge in [0, 0.05) is 29.6 Å². The Morgan fingerprint density at radius 2 is 2.00 bits per heavy atom. The fraction of sp³-hybridized carbons (Fsp3) is 0.273. The lowest BCUT2D eigenvalue weighted by molar-refractivity contribution is 0.966. The summed E-state index contributed by atoms with van der Waals surface area (Å²) in [4.78, 5) is 4.01. The summed E-state index contributed by atoms with van der Waals surface area (Å²) in [5, 5.41) is 7.21. The van der Waals surface area contributed by atoms with E-state index < -0.39 is 0 Å². The Labute approximate surface area is 82.2 Å². The Kier molecular flexibility index (Phi) is 1.63. The average molecular weight is 185 g/mol. The van der Waals surface area contributed by atoms with E-state index in [1.807, 2.05) is 30.7 Å². The molecule has 1 aliphatic carbocycles. The van der Waals surface area contributed by atoms with Gasteiger partial charge in [-0.15, -0.1) is 0 Å². The smallest absolute Gasteiger partial charge is 0.0568 e. The molecule has 1 fully saturated rings. The lowest BCUT2D eigenvalue weighted by atomic mass is 10.1. The quantitative estimate of drug-likeness (QED) is 0.780. The summed E-state index contributed by atoms with van der Waals surface area (Å²) >= 11 is 0. The van der Waals surface area contributed by atoms with Crippen molar-refractivity contribution in [3.8, 4) is 11.1 Å². The first-order valence-corrected chi connectivity index (χ1v) is 4.89. The molecule has 0 radical (unpaired) electrons. The molecule has 1 saturated carbocycles. The molecule has 1 aliphatic rings. The number of nitrogens with one attached hydrogen (secondary N) is 1. The van der Waals surface area contributed by atoms with E-state index in [0.29, 0.717) is 5.92 Å². The maximum Gasteiger partial charge on any atom is 0.0568 e. The molecular weight excluding hydrogens is 174 g/mol. The monoisotopic (exact) mass is 185 g/mol. The number of hydrogen-bond donors (Lipinski definition) is 1. The van der Waals surface area contributed by atoms with Crippen molar-refractivity contribution in [3.63, 3.8) is 0 Å².